The number of amides is 2. The molecule has 0 N–H and O–H groups in total. The Balaban J connectivity index is 1.60. The van der Waals surface area contributed by atoms with E-state index in [4.69, 9.17) is 4.74 Å². The molecule has 1 aliphatic rings. The van der Waals surface area contributed by atoms with Gasteiger partial charge in [-0.05, 0) is 29.8 Å². The van der Waals surface area contributed by atoms with Gasteiger partial charge in [-0.1, -0.05) is 24.3 Å². The third-order valence-corrected chi connectivity index (χ3v) is 3.70. The Labute approximate surface area is 134 Å². The average Bonchev–Trinajstić information content (AvgIpc) is 2.84. The number of ether oxygens (including phenoxy) is 1. The van der Waals surface area contributed by atoms with Crippen molar-refractivity contribution >= 4 is 18.0 Å². The molecule has 0 aromatic heterocycles. The summed E-state index contributed by atoms with van der Waals surface area (Å²) in [6.45, 7) is 0.676. The molecular formula is C18H16N2O3. The van der Waals surface area contributed by atoms with Crippen LogP contribution in [0.1, 0.15) is 26.3 Å². The third-order valence-electron chi connectivity index (χ3n) is 3.70. The van der Waals surface area contributed by atoms with Crippen molar-refractivity contribution in [3.8, 4) is 5.75 Å². The molecule has 0 atom stereocenters. The van der Waals surface area contributed by atoms with E-state index < -0.39 is 0 Å². The molecule has 116 valence electrons. The van der Waals surface area contributed by atoms with E-state index in [-0.39, 0.29) is 18.4 Å². The minimum absolute atomic E-state index is 0.183. The molecule has 1 aliphatic heterocycles. The first-order valence-electron chi connectivity index (χ1n) is 7.27. The topological polar surface area (TPSA) is 59.0 Å². The molecule has 0 spiro atoms. The van der Waals surface area contributed by atoms with Gasteiger partial charge < -0.3 is 4.74 Å². The maximum atomic E-state index is 12.2. The first-order chi connectivity index (χ1) is 11.2. The lowest BCUT2D eigenvalue weighted by Crippen LogP contribution is -2.31. The smallest absolute Gasteiger partial charge is 0.261 e. The lowest BCUT2D eigenvalue weighted by atomic mass is 10.1. The second-order valence-corrected chi connectivity index (χ2v) is 5.14. The molecule has 0 aliphatic carbocycles. The van der Waals surface area contributed by atoms with Gasteiger partial charge >= 0.3 is 0 Å². The van der Waals surface area contributed by atoms with Crippen LogP contribution in [0.5, 0.6) is 5.75 Å². The van der Waals surface area contributed by atoms with Gasteiger partial charge in [0.15, 0.2) is 0 Å². The second kappa shape index (κ2) is 6.44. The minimum Gasteiger partial charge on any atom is -0.497 e. The van der Waals surface area contributed by atoms with Gasteiger partial charge in [-0.25, -0.2) is 0 Å². The first-order valence-corrected chi connectivity index (χ1v) is 7.27. The highest BCUT2D eigenvalue weighted by Crippen LogP contribution is 2.21. The Morgan fingerprint density at radius 3 is 2.17 bits per heavy atom. The van der Waals surface area contributed by atoms with Crippen LogP contribution < -0.4 is 4.74 Å². The van der Waals surface area contributed by atoms with Crippen molar-refractivity contribution in [3.05, 3.63) is 65.2 Å². The number of nitrogens with zero attached hydrogens (tertiary/aromatic N) is 2. The molecule has 1 heterocycles. The van der Waals surface area contributed by atoms with Crippen molar-refractivity contribution in [1.82, 2.24) is 4.90 Å². The van der Waals surface area contributed by atoms with Crippen LogP contribution in [-0.2, 0) is 6.54 Å². The van der Waals surface area contributed by atoms with Gasteiger partial charge in [-0.2, -0.15) is 0 Å². The van der Waals surface area contributed by atoms with Crippen molar-refractivity contribution in [2.75, 3.05) is 13.7 Å². The summed E-state index contributed by atoms with van der Waals surface area (Å²) < 4.78 is 5.10. The lowest BCUT2D eigenvalue weighted by molar-refractivity contribution is 0.0679. The van der Waals surface area contributed by atoms with E-state index in [0.29, 0.717) is 17.7 Å². The summed E-state index contributed by atoms with van der Waals surface area (Å²) in [6, 6.07) is 14.4. The van der Waals surface area contributed by atoms with Gasteiger partial charge in [0.1, 0.15) is 5.75 Å². The molecule has 2 aromatic carbocycles. The van der Waals surface area contributed by atoms with Crippen molar-refractivity contribution < 1.29 is 14.3 Å². The fourth-order valence-corrected chi connectivity index (χ4v) is 2.45. The van der Waals surface area contributed by atoms with Crippen LogP contribution >= 0.6 is 0 Å². The summed E-state index contributed by atoms with van der Waals surface area (Å²) in [7, 11) is 1.62. The van der Waals surface area contributed by atoms with Gasteiger partial charge in [-0.15, -0.1) is 0 Å². The monoisotopic (exact) mass is 308 g/mol. The molecule has 0 fully saturated rings. The highest BCUT2D eigenvalue weighted by atomic mass is 16.5. The highest BCUT2D eigenvalue weighted by molar-refractivity contribution is 6.22. The number of hydrogen-bond acceptors (Lipinski definition) is 4. The van der Waals surface area contributed by atoms with Gasteiger partial charge in [0, 0.05) is 6.21 Å². The molecule has 0 bridgehead atoms. The van der Waals surface area contributed by atoms with Crippen LogP contribution in [0, 0.1) is 0 Å². The van der Waals surface area contributed by atoms with Crippen LogP contribution in [0.25, 0.3) is 0 Å². The Kier molecular flexibility index (Phi) is 4.19. The number of hydrogen-bond donors (Lipinski definition) is 0. The van der Waals surface area contributed by atoms with Crippen molar-refractivity contribution in [2.45, 2.75) is 6.54 Å². The van der Waals surface area contributed by atoms with E-state index in [9.17, 15) is 9.59 Å². The summed E-state index contributed by atoms with van der Waals surface area (Å²) in [5.74, 6) is 0.270. The minimum atomic E-state index is -0.263. The number of methoxy groups -OCH3 is 1. The Bertz CT molecular complexity index is 731. The van der Waals surface area contributed by atoms with E-state index in [1.165, 1.54) is 4.90 Å². The predicted octanol–water partition coefficient (Wildman–Crippen LogP) is 2.56. The van der Waals surface area contributed by atoms with Gasteiger partial charge in [0.2, 0.25) is 0 Å². The third kappa shape index (κ3) is 2.99. The summed E-state index contributed by atoms with van der Waals surface area (Å²) in [6.07, 6.45) is 1.60. The second-order valence-electron chi connectivity index (χ2n) is 5.14. The highest BCUT2D eigenvalue weighted by Gasteiger charge is 2.34. The first kappa shape index (κ1) is 15.0. The zero-order valence-electron chi connectivity index (χ0n) is 12.7. The van der Waals surface area contributed by atoms with Crippen LogP contribution in [0.4, 0.5) is 0 Å². The van der Waals surface area contributed by atoms with E-state index in [1.54, 1.807) is 37.6 Å². The molecule has 5 nitrogen and oxygen atoms in total. The zero-order chi connectivity index (χ0) is 16.2. The van der Waals surface area contributed by atoms with Crippen LogP contribution in [0.15, 0.2) is 53.5 Å². The predicted molar refractivity (Wildman–Crippen MR) is 87.0 cm³/mol. The molecule has 2 aromatic rings. The molecule has 0 saturated heterocycles. The number of aliphatic imine (C=N–C) groups is 1. The molecule has 0 saturated carbocycles. The number of carbonyl (C=O) groups excluding carboxylic acids is 2. The lowest BCUT2D eigenvalue weighted by Gasteiger charge is -2.09. The number of benzene rings is 2. The van der Waals surface area contributed by atoms with E-state index >= 15 is 0 Å². The van der Waals surface area contributed by atoms with E-state index in [0.717, 1.165) is 11.3 Å². The fourth-order valence-electron chi connectivity index (χ4n) is 2.45. The van der Waals surface area contributed by atoms with Gasteiger partial charge in [-0.3, -0.25) is 19.5 Å². The van der Waals surface area contributed by atoms with Crippen LogP contribution in [-0.4, -0.2) is 36.6 Å². The molecule has 0 unspecified atom stereocenters. The van der Waals surface area contributed by atoms with Crippen molar-refractivity contribution in [2.24, 2.45) is 4.99 Å². The normalized spacial score (nSPS) is 13.7. The van der Waals surface area contributed by atoms with Gasteiger partial charge in [0.25, 0.3) is 11.8 Å². The molecule has 2 amide bonds. The Morgan fingerprint density at radius 2 is 1.61 bits per heavy atom. The molecule has 0 radical (unpaired) electrons. The zero-order valence-corrected chi connectivity index (χ0v) is 12.7. The summed E-state index contributed by atoms with van der Waals surface area (Å²) in [5, 5.41) is 0. The maximum absolute atomic E-state index is 12.2. The molecule has 23 heavy (non-hydrogen) atoms. The maximum Gasteiger partial charge on any atom is 0.261 e. The molecular weight excluding hydrogens is 292 g/mol. The Morgan fingerprint density at radius 1 is 1.00 bits per heavy atom. The standard InChI is InChI=1S/C18H16N2O3/c1-23-14-8-6-13(7-9-14)12-19-10-11-20-17(21)15-4-2-3-5-16(15)18(20)22/h2-10H,11-12H2,1H3. The van der Waals surface area contributed by atoms with E-state index in [1.807, 2.05) is 24.3 Å². The summed E-state index contributed by atoms with van der Waals surface area (Å²) >= 11 is 0. The summed E-state index contributed by atoms with van der Waals surface area (Å²) in [4.78, 5) is 29.8. The number of carbonyl (C=O) groups is 2. The average molecular weight is 308 g/mol. The molecule has 5 heteroatoms. The van der Waals surface area contributed by atoms with Crippen LogP contribution in [0.3, 0.4) is 0 Å². The molecule has 3 rings (SSSR count). The number of rotatable bonds is 5. The van der Waals surface area contributed by atoms with E-state index in [2.05, 4.69) is 4.99 Å². The SMILES string of the molecule is COc1ccc(CN=CCN2C(=O)c3ccccc3C2=O)cc1. The summed E-state index contributed by atoms with van der Waals surface area (Å²) in [5.41, 5.74) is 1.95. The quantitative estimate of drug-likeness (QED) is 0.630. The van der Waals surface area contributed by atoms with Crippen LogP contribution in [0.2, 0.25) is 0 Å². The van der Waals surface area contributed by atoms with Crippen molar-refractivity contribution in [3.63, 3.8) is 0 Å². The number of fused-ring (bicyclic) bond motifs is 1. The van der Waals surface area contributed by atoms with Crippen molar-refractivity contribution in [1.29, 1.82) is 0 Å². The Hall–Kier alpha value is -2.95. The fraction of sp³-hybridized carbons (Fsp3) is 0.167. The van der Waals surface area contributed by atoms with Gasteiger partial charge in [0.05, 0.1) is 31.3 Å². The number of imide groups is 1. The largest absolute Gasteiger partial charge is 0.497 e.